The maximum absolute atomic E-state index is 11.4. The van der Waals surface area contributed by atoms with Gasteiger partial charge in [0.2, 0.25) is 5.91 Å². The fraction of sp³-hybridized carbons (Fsp3) is 0.429. The second-order valence-electron chi connectivity index (χ2n) is 5.20. The molecule has 21 heavy (non-hydrogen) atoms. The fourth-order valence-electron chi connectivity index (χ4n) is 2.63. The molecule has 0 radical (unpaired) electrons. The molecular formula is C14H18N6O. The number of carbonyl (C=O) groups excluding carboxylic acids is 1. The molecule has 0 atom stereocenters. The van der Waals surface area contributed by atoms with Gasteiger partial charge in [0.1, 0.15) is 6.33 Å². The molecule has 1 aromatic carbocycles. The van der Waals surface area contributed by atoms with Gasteiger partial charge in [-0.1, -0.05) is 12.1 Å². The van der Waals surface area contributed by atoms with E-state index >= 15 is 0 Å². The molecule has 0 saturated carbocycles. The van der Waals surface area contributed by atoms with Crippen molar-refractivity contribution in [3.05, 3.63) is 30.6 Å². The molecule has 1 aromatic heterocycles. The first kappa shape index (κ1) is 13.5. The summed E-state index contributed by atoms with van der Waals surface area (Å²) in [7, 11) is 0. The van der Waals surface area contributed by atoms with Crippen LogP contribution in [0.15, 0.2) is 30.6 Å². The minimum absolute atomic E-state index is 0.155. The molecule has 110 valence electrons. The zero-order chi connectivity index (χ0) is 14.7. The summed E-state index contributed by atoms with van der Waals surface area (Å²) < 4.78 is 1.65. The smallest absolute Gasteiger partial charge is 0.219 e. The van der Waals surface area contributed by atoms with Crippen LogP contribution in [0.2, 0.25) is 0 Å². The van der Waals surface area contributed by atoms with Gasteiger partial charge < -0.3 is 10.2 Å². The molecule has 2 heterocycles. The van der Waals surface area contributed by atoms with Crippen LogP contribution in [0.25, 0.3) is 5.69 Å². The van der Waals surface area contributed by atoms with Crippen LogP contribution in [0, 0.1) is 0 Å². The number of hydrogen-bond acceptors (Lipinski definition) is 5. The number of benzene rings is 1. The Labute approximate surface area is 122 Å². The van der Waals surface area contributed by atoms with E-state index in [0.717, 1.165) is 37.3 Å². The summed E-state index contributed by atoms with van der Waals surface area (Å²) in [5, 5.41) is 14.8. The normalized spacial score (nSPS) is 16.0. The molecule has 1 N–H and O–H groups in total. The van der Waals surface area contributed by atoms with Gasteiger partial charge in [-0.15, -0.1) is 5.10 Å². The number of rotatable bonds is 3. The second kappa shape index (κ2) is 5.90. The van der Waals surface area contributed by atoms with E-state index < -0.39 is 0 Å². The monoisotopic (exact) mass is 286 g/mol. The Morgan fingerprint density at radius 1 is 1.29 bits per heavy atom. The van der Waals surface area contributed by atoms with Crippen molar-refractivity contribution in [3.8, 4) is 5.69 Å². The van der Waals surface area contributed by atoms with Crippen molar-refractivity contribution in [2.45, 2.75) is 25.8 Å². The van der Waals surface area contributed by atoms with Crippen LogP contribution in [0.1, 0.15) is 19.8 Å². The van der Waals surface area contributed by atoms with E-state index in [2.05, 4.69) is 20.8 Å². The van der Waals surface area contributed by atoms with Gasteiger partial charge in [0.15, 0.2) is 0 Å². The summed E-state index contributed by atoms with van der Waals surface area (Å²) in [4.78, 5) is 13.2. The summed E-state index contributed by atoms with van der Waals surface area (Å²) in [6, 6.07) is 8.30. The Bertz CT molecular complexity index is 604. The van der Waals surface area contributed by atoms with E-state index in [0.29, 0.717) is 6.04 Å². The van der Waals surface area contributed by atoms with Crippen LogP contribution in [-0.2, 0) is 4.79 Å². The van der Waals surface area contributed by atoms with Crippen LogP contribution < -0.4 is 5.32 Å². The quantitative estimate of drug-likeness (QED) is 0.914. The molecule has 1 aliphatic rings. The number of para-hydroxylation sites is 2. The van der Waals surface area contributed by atoms with Crippen molar-refractivity contribution in [1.29, 1.82) is 0 Å². The van der Waals surface area contributed by atoms with Crippen molar-refractivity contribution >= 4 is 11.6 Å². The third-order valence-corrected chi connectivity index (χ3v) is 3.80. The lowest BCUT2D eigenvalue weighted by Crippen LogP contribution is -2.41. The van der Waals surface area contributed by atoms with E-state index in [-0.39, 0.29) is 5.91 Å². The molecule has 0 unspecified atom stereocenters. The van der Waals surface area contributed by atoms with Crippen molar-refractivity contribution in [3.63, 3.8) is 0 Å². The van der Waals surface area contributed by atoms with Crippen LogP contribution in [0.3, 0.4) is 0 Å². The van der Waals surface area contributed by atoms with Gasteiger partial charge in [-0.05, 0) is 35.4 Å². The lowest BCUT2D eigenvalue weighted by atomic mass is 10.0. The number of nitrogens with one attached hydrogen (secondary N) is 1. The third-order valence-electron chi connectivity index (χ3n) is 3.80. The fourth-order valence-corrected chi connectivity index (χ4v) is 2.63. The molecule has 7 nitrogen and oxygen atoms in total. The molecule has 0 bridgehead atoms. The SMILES string of the molecule is CC(=O)N1CCC(Nc2ccccc2-n2cnnn2)CC1. The molecule has 0 aliphatic carbocycles. The largest absolute Gasteiger partial charge is 0.380 e. The van der Waals surface area contributed by atoms with E-state index in [1.807, 2.05) is 29.2 Å². The van der Waals surface area contributed by atoms with E-state index in [9.17, 15) is 4.79 Å². The minimum atomic E-state index is 0.155. The minimum Gasteiger partial charge on any atom is -0.380 e. The van der Waals surface area contributed by atoms with E-state index in [1.165, 1.54) is 0 Å². The summed E-state index contributed by atoms with van der Waals surface area (Å²) in [5.74, 6) is 0.155. The summed E-state index contributed by atoms with van der Waals surface area (Å²) in [6.45, 7) is 3.24. The zero-order valence-electron chi connectivity index (χ0n) is 11.9. The third kappa shape index (κ3) is 3.01. The highest BCUT2D eigenvalue weighted by atomic mass is 16.2. The molecule has 1 amide bonds. The van der Waals surface area contributed by atoms with Gasteiger partial charge >= 0.3 is 0 Å². The summed E-state index contributed by atoms with van der Waals surface area (Å²) >= 11 is 0. The Morgan fingerprint density at radius 3 is 2.71 bits per heavy atom. The lowest BCUT2D eigenvalue weighted by Gasteiger charge is -2.32. The number of piperidine rings is 1. The molecule has 3 rings (SSSR count). The molecule has 7 heteroatoms. The number of tetrazole rings is 1. The van der Waals surface area contributed by atoms with Crippen molar-refractivity contribution in [1.82, 2.24) is 25.1 Å². The molecule has 2 aromatic rings. The first-order valence-electron chi connectivity index (χ1n) is 7.08. The maximum Gasteiger partial charge on any atom is 0.219 e. The topological polar surface area (TPSA) is 75.9 Å². The summed E-state index contributed by atoms with van der Waals surface area (Å²) in [6.07, 6.45) is 3.48. The Hall–Kier alpha value is -2.44. The highest BCUT2D eigenvalue weighted by Crippen LogP contribution is 2.22. The molecule has 1 aliphatic heterocycles. The molecule has 1 fully saturated rings. The number of nitrogens with zero attached hydrogens (tertiary/aromatic N) is 5. The first-order chi connectivity index (χ1) is 10.2. The predicted octanol–water partition coefficient (Wildman–Crippen LogP) is 1.09. The Balaban J connectivity index is 1.70. The number of hydrogen-bond donors (Lipinski definition) is 1. The predicted molar refractivity (Wildman–Crippen MR) is 78.1 cm³/mol. The average Bonchev–Trinajstić information content (AvgIpc) is 3.02. The van der Waals surface area contributed by atoms with Gasteiger partial charge in [0, 0.05) is 26.1 Å². The number of amides is 1. The average molecular weight is 286 g/mol. The van der Waals surface area contributed by atoms with E-state index in [1.54, 1.807) is 17.9 Å². The highest BCUT2D eigenvalue weighted by Gasteiger charge is 2.21. The zero-order valence-corrected chi connectivity index (χ0v) is 11.9. The second-order valence-corrected chi connectivity index (χ2v) is 5.20. The van der Waals surface area contributed by atoms with Crippen LogP contribution in [-0.4, -0.2) is 50.1 Å². The van der Waals surface area contributed by atoms with E-state index in [4.69, 9.17) is 0 Å². The molecule has 0 spiro atoms. The Morgan fingerprint density at radius 2 is 2.05 bits per heavy atom. The van der Waals surface area contributed by atoms with Gasteiger partial charge in [0.25, 0.3) is 0 Å². The standard InChI is InChI=1S/C14H18N6O/c1-11(21)19-8-6-12(7-9-19)16-13-4-2-3-5-14(13)20-10-15-17-18-20/h2-5,10,12,16H,6-9H2,1H3. The van der Waals surface area contributed by atoms with Crippen LogP contribution >= 0.6 is 0 Å². The van der Waals surface area contributed by atoms with Crippen LogP contribution in [0.5, 0.6) is 0 Å². The number of likely N-dealkylation sites (tertiary alicyclic amines) is 1. The number of carbonyl (C=O) groups is 1. The van der Waals surface area contributed by atoms with Crippen LogP contribution in [0.4, 0.5) is 5.69 Å². The molecule has 1 saturated heterocycles. The Kier molecular flexibility index (Phi) is 3.81. The van der Waals surface area contributed by atoms with Gasteiger partial charge in [-0.3, -0.25) is 4.79 Å². The summed E-state index contributed by atoms with van der Waals surface area (Å²) in [5.41, 5.74) is 1.93. The van der Waals surface area contributed by atoms with Crippen molar-refractivity contribution < 1.29 is 4.79 Å². The highest BCUT2D eigenvalue weighted by molar-refractivity contribution is 5.73. The maximum atomic E-state index is 11.4. The van der Waals surface area contributed by atoms with Crippen molar-refractivity contribution in [2.75, 3.05) is 18.4 Å². The molecular weight excluding hydrogens is 268 g/mol. The van der Waals surface area contributed by atoms with Gasteiger partial charge in [-0.25, -0.2) is 0 Å². The van der Waals surface area contributed by atoms with Gasteiger partial charge in [-0.2, -0.15) is 4.68 Å². The first-order valence-corrected chi connectivity index (χ1v) is 7.08. The number of anilines is 1. The van der Waals surface area contributed by atoms with Crippen molar-refractivity contribution in [2.24, 2.45) is 0 Å². The number of aromatic nitrogens is 4. The van der Waals surface area contributed by atoms with Gasteiger partial charge in [0.05, 0.1) is 11.4 Å². The lowest BCUT2D eigenvalue weighted by molar-refractivity contribution is -0.129.